The van der Waals surface area contributed by atoms with Crippen molar-refractivity contribution in [2.45, 2.75) is 131 Å². The predicted octanol–water partition coefficient (Wildman–Crippen LogP) is 18.5. The van der Waals surface area contributed by atoms with Gasteiger partial charge in [0, 0.05) is 39.9 Å². The number of pyridine rings is 1. The second kappa shape index (κ2) is 19.8. The van der Waals surface area contributed by atoms with Crippen molar-refractivity contribution < 1.29 is 27.5 Å². The van der Waals surface area contributed by atoms with Crippen LogP contribution in [-0.4, -0.2) is 19.6 Å². The molecule has 5 heteroatoms. The van der Waals surface area contributed by atoms with E-state index in [1.165, 1.54) is 16.7 Å². The van der Waals surface area contributed by atoms with E-state index in [1.807, 2.05) is 44.3 Å². The summed E-state index contributed by atoms with van der Waals surface area (Å²) in [6.07, 6.45) is 1.87. The summed E-state index contributed by atoms with van der Waals surface area (Å²) in [7, 11) is 0. The number of para-hydroxylation sites is 1. The second-order valence-corrected chi connectivity index (χ2v) is 24.2. The SMILES string of the molecule is [2H]C(C)(C)c1ccc(-c2ccnc(-c3[c-]c(-c4cccc5c4nc(-c4cc(C(C)(C)C)cc(C(C)(C)C)c4O)n5-c4ccc(-c5cc(C(C)(C)C)cc(C(C)(C)C)c5)cc4C)cc(-c4ccccc4)c3)c2)cc1.[Pt]. The first kappa shape index (κ1) is 51.5. The van der Waals surface area contributed by atoms with E-state index in [0.717, 1.165) is 89.2 Å². The molecule has 0 aliphatic carbocycles. The van der Waals surface area contributed by atoms with E-state index in [1.54, 1.807) is 0 Å². The number of hydrogen-bond acceptors (Lipinski definition) is 3. The average molecular weight is 1140 g/mol. The van der Waals surface area contributed by atoms with E-state index < -0.39 is 5.89 Å². The maximum absolute atomic E-state index is 12.6. The van der Waals surface area contributed by atoms with Crippen LogP contribution in [0.1, 0.15) is 138 Å². The molecule has 0 spiro atoms. The van der Waals surface area contributed by atoms with Crippen molar-refractivity contribution in [3.8, 4) is 78.6 Å². The van der Waals surface area contributed by atoms with Gasteiger partial charge in [0.1, 0.15) is 11.6 Å². The molecule has 73 heavy (non-hydrogen) atoms. The molecule has 2 heterocycles. The molecule has 9 aromatic rings. The molecule has 1 N–H and O–H groups in total. The molecule has 4 nitrogen and oxygen atoms in total. The summed E-state index contributed by atoms with van der Waals surface area (Å²) in [6.45, 7) is 32.9. The van der Waals surface area contributed by atoms with Gasteiger partial charge < -0.3 is 5.11 Å². The van der Waals surface area contributed by atoms with Gasteiger partial charge >= 0.3 is 0 Å². The predicted molar refractivity (Wildman–Crippen MR) is 306 cm³/mol. The summed E-state index contributed by atoms with van der Waals surface area (Å²) in [5, 5.41) is 12.6. The molecule has 0 unspecified atom stereocenters. The van der Waals surface area contributed by atoms with Crippen LogP contribution >= 0.6 is 0 Å². The normalized spacial score (nSPS) is 12.7. The van der Waals surface area contributed by atoms with Gasteiger partial charge in [-0.25, -0.2) is 4.98 Å². The summed E-state index contributed by atoms with van der Waals surface area (Å²) in [4.78, 5) is 10.6. The minimum atomic E-state index is -0.684. The van der Waals surface area contributed by atoms with Gasteiger partial charge in [-0.1, -0.05) is 217 Å². The summed E-state index contributed by atoms with van der Waals surface area (Å²) in [6, 6.07) is 55.8. The van der Waals surface area contributed by atoms with Crippen LogP contribution < -0.4 is 0 Å². The Bertz CT molecular complexity index is 3500. The third-order valence-corrected chi connectivity index (χ3v) is 14.2. The number of phenols is 1. The van der Waals surface area contributed by atoms with Gasteiger partial charge in [-0.15, -0.1) is 23.8 Å². The number of hydrogen-bond donors (Lipinski definition) is 1. The van der Waals surface area contributed by atoms with Gasteiger partial charge in [-0.05, 0) is 120 Å². The summed E-state index contributed by atoms with van der Waals surface area (Å²) in [5.74, 6) is 0.229. The molecule has 0 radical (unpaired) electrons. The van der Waals surface area contributed by atoms with Crippen LogP contribution in [0.15, 0.2) is 152 Å². The first-order chi connectivity index (χ1) is 34.1. The van der Waals surface area contributed by atoms with Crippen LogP contribution in [0.4, 0.5) is 0 Å². The van der Waals surface area contributed by atoms with Gasteiger partial charge in [0.15, 0.2) is 0 Å². The molecule has 9 rings (SSSR count). The fourth-order valence-corrected chi connectivity index (χ4v) is 9.70. The van der Waals surface area contributed by atoms with Crippen molar-refractivity contribution in [1.82, 2.24) is 14.5 Å². The molecule has 7 aromatic carbocycles. The van der Waals surface area contributed by atoms with E-state index in [4.69, 9.17) is 11.3 Å². The van der Waals surface area contributed by atoms with E-state index in [-0.39, 0.29) is 48.5 Å². The molecule has 0 bridgehead atoms. The molecule has 0 amide bonds. The van der Waals surface area contributed by atoms with Crippen molar-refractivity contribution in [3.05, 3.63) is 191 Å². The van der Waals surface area contributed by atoms with E-state index >= 15 is 0 Å². The number of aromatic nitrogens is 3. The topological polar surface area (TPSA) is 50.9 Å². The first-order valence-corrected chi connectivity index (χ1v) is 25.5. The van der Waals surface area contributed by atoms with Crippen molar-refractivity contribution in [2.75, 3.05) is 0 Å². The molecule has 0 aliphatic heterocycles. The Kier molecular flexibility index (Phi) is 14.0. The molecule has 0 saturated carbocycles. The summed E-state index contributed by atoms with van der Waals surface area (Å²) >= 11 is 0. The zero-order valence-corrected chi connectivity index (χ0v) is 47.8. The largest absolute Gasteiger partial charge is 0.507 e. The molecule has 2 aromatic heterocycles. The zero-order chi connectivity index (χ0) is 52.6. The molecule has 0 saturated heterocycles. The van der Waals surface area contributed by atoms with Crippen LogP contribution in [0.5, 0.6) is 5.75 Å². The molecular formula is C68H72N3OPt-. The number of benzene rings is 7. The number of aryl methyl sites for hydroxylation is 1. The molecule has 0 aliphatic rings. The van der Waals surface area contributed by atoms with Gasteiger partial charge in [0.2, 0.25) is 0 Å². The van der Waals surface area contributed by atoms with Crippen LogP contribution in [0.2, 0.25) is 0 Å². The Labute approximate surface area is 451 Å². The number of rotatable bonds is 8. The Morgan fingerprint density at radius 1 is 0.534 bits per heavy atom. The number of aromatic hydroxyl groups is 1. The fourth-order valence-electron chi connectivity index (χ4n) is 9.70. The third kappa shape index (κ3) is 10.8. The fraction of sp³-hybridized carbons (Fsp3) is 0.294. The van der Waals surface area contributed by atoms with Crippen LogP contribution in [-0.2, 0) is 42.7 Å². The Balaban J connectivity index is 0.00000729. The van der Waals surface area contributed by atoms with Crippen molar-refractivity contribution in [1.29, 1.82) is 0 Å². The number of nitrogens with zero attached hydrogens (tertiary/aromatic N) is 3. The maximum Gasteiger partial charge on any atom is 0.148 e. The second-order valence-electron chi connectivity index (χ2n) is 24.2. The molecule has 0 fully saturated rings. The van der Waals surface area contributed by atoms with Gasteiger partial charge in [-0.3, -0.25) is 9.55 Å². The Morgan fingerprint density at radius 3 is 1.71 bits per heavy atom. The summed E-state index contributed by atoms with van der Waals surface area (Å²) in [5.41, 5.74) is 19.6. The molecule has 376 valence electrons. The molecular weight excluding hydrogens is 1070 g/mol. The van der Waals surface area contributed by atoms with Gasteiger partial charge in [0.05, 0.1) is 22.3 Å². The van der Waals surface area contributed by atoms with Crippen molar-refractivity contribution in [3.63, 3.8) is 0 Å². The van der Waals surface area contributed by atoms with Gasteiger partial charge in [0.25, 0.3) is 0 Å². The quantitative estimate of drug-likeness (QED) is 0.154. The average Bonchev–Trinajstić information content (AvgIpc) is 3.72. The monoisotopic (exact) mass is 1140 g/mol. The molecule has 0 atom stereocenters. The maximum atomic E-state index is 12.6. The van der Waals surface area contributed by atoms with E-state index in [0.29, 0.717) is 11.4 Å². The smallest absolute Gasteiger partial charge is 0.148 e. The van der Waals surface area contributed by atoms with Crippen LogP contribution in [0, 0.1) is 13.0 Å². The van der Waals surface area contributed by atoms with Crippen molar-refractivity contribution >= 4 is 11.0 Å². The number of fused-ring (bicyclic) bond motifs is 1. The number of phenolic OH excluding ortho intramolecular Hbond substituents is 1. The van der Waals surface area contributed by atoms with Gasteiger partial charge in [-0.2, -0.15) is 0 Å². The van der Waals surface area contributed by atoms with Crippen LogP contribution in [0.3, 0.4) is 0 Å². The minimum Gasteiger partial charge on any atom is -0.507 e. The van der Waals surface area contributed by atoms with Crippen molar-refractivity contribution in [2.24, 2.45) is 0 Å². The third-order valence-electron chi connectivity index (χ3n) is 14.2. The minimum absolute atomic E-state index is 0. The summed E-state index contributed by atoms with van der Waals surface area (Å²) < 4.78 is 10.8. The van der Waals surface area contributed by atoms with E-state index in [9.17, 15) is 5.11 Å². The standard InChI is InChI=1S/C68H72N3O.Pt/c1-42(2)44-24-26-46(27-25-44)48-30-31-69-59(38-48)52-34-49(45-20-17-16-18-21-45)33-51(35-52)56-22-19-23-61-62(56)70-64(57-40-55(67(10,11)12)41-58(63(57)72)68(13,14)15)71(61)60-29-28-47(32-43(60)3)50-36-53(65(4,5)6)39-54(37-50)66(7,8)9;/h16-34,36-42,72H,1-15H3;/q-1;/i42D;. The van der Waals surface area contributed by atoms with E-state index in [2.05, 4.69) is 222 Å². The Hall–Kier alpha value is -6.35. The first-order valence-electron chi connectivity index (χ1n) is 26.0. The zero-order valence-electron chi connectivity index (χ0n) is 46.5. The van der Waals surface area contributed by atoms with Crippen LogP contribution in [0.25, 0.3) is 83.9 Å². The Morgan fingerprint density at radius 2 is 1.11 bits per heavy atom. The number of imidazole rings is 1.